The predicted molar refractivity (Wildman–Crippen MR) is 67.0 cm³/mol. The molecule has 2 N–H and O–H groups in total. The third-order valence-electron chi connectivity index (χ3n) is 3.18. The van der Waals surface area contributed by atoms with Crippen molar-refractivity contribution in [3.05, 3.63) is 29.6 Å². The molecule has 8 heteroatoms. The molecule has 4 nitrogen and oxygen atoms in total. The summed E-state index contributed by atoms with van der Waals surface area (Å²) < 4.78 is 64.6. The largest absolute Gasteiger partial charge is 0.389 e. The number of halogens is 3. The van der Waals surface area contributed by atoms with E-state index in [1.54, 1.807) is 13.8 Å². The molecular formula is C12H16F3NO3S. The smallest absolute Gasteiger partial charge is 0.240 e. The van der Waals surface area contributed by atoms with Crippen LogP contribution >= 0.6 is 0 Å². The van der Waals surface area contributed by atoms with Crippen LogP contribution in [0.15, 0.2) is 17.0 Å². The Bertz CT molecular complexity index is 563. The summed E-state index contributed by atoms with van der Waals surface area (Å²) in [7, 11) is -4.23. The quantitative estimate of drug-likeness (QED) is 0.789. The Morgan fingerprint density at radius 1 is 1.15 bits per heavy atom. The minimum absolute atomic E-state index is 0.303. The van der Waals surface area contributed by atoms with E-state index in [1.807, 2.05) is 0 Å². The van der Waals surface area contributed by atoms with Crippen LogP contribution in [-0.4, -0.2) is 25.7 Å². The third-order valence-corrected chi connectivity index (χ3v) is 4.56. The summed E-state index contributed by atoms with van der Waals surface area (Å²) in [5, 5.41) is 9.96. The molecule has 0 aliphatic heterocycles. The lowest BCUT2D eigenvalue weighted by molar-refractivity contribution is 0.0377. The molecule has 0 saturated carbocycles. The number of rotatable bonds is 6. The summed E-state index contributed by atoms with van der Waals surface area (Å²) in [5.41, 5.74) is -1.25. The number of hydrogen-bond acceptors (Lipinski definition) is 3. The van der Waals surface area contributed by atoms with Crippen LogP contribution in [0.4, 0.5) is 13.2 Å². The Labute approximate surface area is 115 Å². The molecule has 0 aliphatic rings. The first-order chi connectivity index (χ1) is 9.15. The van der Waals surface area contributed by atoms with Crippen LogP contribution in [-0.2, 0) is 10.0 Å². The van der Waals surface area contributed by atoms with Gasteiger partial charge in [-0.2, -0.15) is 0 Å². The van der Waals surface area contributed by atoms with Crippen LogP contribution in [0.3, 0.4) is 0 Å². The number of benzene rings is 1. The molecule has 0 atom stereocenters. The minimum Gasteiger partial charge on any atom is -0.389 e. The summed E-state index contributed by atoms with van der Waals surface area (Å²) in [5.74, 6) is -4.92. The van der Waals surface area contributed by atoms with Crippen molar-refractivity contribution in [3.63, 3.8) is 0 Å². The van der Waals surface area contributed by atoms with Gasteiger partial charge in [0.2, 0.25) is 10.0 Å². The van der Waals surface area contributed by atoms with Crippen molar-refractivity contribution in [2.75, 3.05) is 6.54 Å². The molecule has 20 heavy (non-hydrogen) atoms. The van der Waals surface area contributed by atoms with Gasteiger partial charge in [0.05, 0.1) is 10.5 Å². The molecule has 0 fully saturated rings. The molecule has 0 radical (unpaired) electrons. The monoisotopic (exact) mass is 311 g/mol. The second-order valence-corrected chi connectivity index (χ2v) is 6.22. The van der Waals surface area contributed by atoms with Crippen molar-refractivity contribution < 1.29 is 26.7 Å². The standard InChI is InChI=1S/C12H16F3NO3S/c1-3-12(17,4-2)7-16-20(18,19)8-5-9(13)11(15)10(14)6-8/h5-6,16-17H,3-4,7H2,1-2H3. The molecule has 114 valence electrons. The highest BCUT2D eigenvalue weighted by atomic mass is 32.2. The van der Waals surface area contributed by atoms with E-state index in [1.165, 1.54) is 0 Å². The highest BCUT2D eigenvalue weighted by Gasteiger charge is 2.26. The summed E-state index contributed by atoms with van der Waals surface area (Å²) >= 11 is 0. The van der Waals surface area contributed by atoms with Crippen LogP contribution in [0, 0.1) is 17.5 Å². The Kier molecular flexibility index (Phi) is 5.17. The SMILES string of the molecule is CCC(O)(CC)CNS(=O)(=O)c1cc(F)c(F)c(F)c1. The molecule has 1 aromatic carbocycles. The molecule has 0 saturated heterocycles. The second-order valence-electron chi connectivity index (χ2n) is 4.46. The fraction of sp³-hybridized carbons (Fsp3) is 0.500. The van der Waals surface area contributed by atoms with Crippen molar-refractivity contribution in [2.24, 2.45) is 0 Å². The number of aliphatic hydroxyl groups is 1. The van der Waals surface area contributed by atoms with Crippen LogP contribution < -0.4 is 4.72 Å². The van der Waals surface area contributed by atoms with Crippen LogP contribution in [0.5, 0.6) is 0 Å². The molecule has 0 aliphatic carbocycles. The van der Waals surface area contributed by atoms with Crippen molar-refractivity contribution in [2.45, 2.75) is 37.2 Å². The zero-order valence-corrected chi connectivity index (χ0v) is 11.9. The molecule has 0 unspecified atom stereocenters. The van der Waals surface area contributed by atoms with E-state index >= 15 is 0 Å². The lowest BCUT2D eigenvalue weighted by atomic mass is 9.98. The van der Waals surface area contributed by atoms with Gasteiger partial charge in [0, 0.05) is 6.54 Å². The van der Waals surface area contributed by atoms with Crippen molar-refractivity contribution in [3.8, 4) is 0 Å². The van der Waals surface area contributed by atoms with E-state index in [0.29, 0.717) is 25.0 Å². The van der Waals surface area contributed by atoms with Gasteiger partial charge >= 0.3 is 0 Å². The molecular weight excluding hydrogens is 295 g/mol. The zero-order valence-electron chi connectivity index (χ0n) is 11.1. The van der Waals surface area contributed by atoms with Gasteiger partial charge in [-0.25, -0.2) is 26.3 Å². The summed E-state index contributed by atoms with van der Waals surface area (Å²) in [6.07, 6.45) is 0.607. The maximum atomic E-state index is 13.0. The lowest BCUT2D eigenvalue weighted by Gasteiger charge is -2.25. The molecule has 1 rings (SSSR count). The Morgan fingerprint density at radius 3 is 2.00 bits per heavy atom. The summed E-state index contributed by atoms with van der Waals surface area (Å²) in [6, 6.07) is 0.773. The van der Waals surface area contributed by atoms with Gasteiger partial charge in [0.1, 0.15) is 0 Å². The Hall–Kier alpha value is -1.12. The summed E-state index contributed by atoms with van der Waals surface area (Å²) in [6.45, 7) is 3.05. The van der Waals surface area contributed by atoms with Crippen molar-refractivity contribution in [1.29, 1.82) is 0 Å². The molecule has 1 aromatic rings. The highest BCUT2D eigenvalue weighted by Crippen LogP contribution is 2.19. The van der Waals surface area contributed by atoms with E-state index in [2.05, 4.69) is 4.72 Å². The van der Waals surface area contributed by atoms with Gasteiger partial charge in [-0.15, -0.1) is 0 Å². The third kappa shape index (κ3) is 3.71. The number of nitrogens with one attached hydrogen (secondary N) is 1. The fourth-order valence-electron chi connectivity index (χ4n) is 1.50. The van der Waals surface area contributed by atoms with Gasteiger partial charge < -0.3 is 5.11 Å². The molecule has 0 spiro atoms. The van der Waals surface area contributed by atoms with Crippen LogP contribution in [0.2, 0.25) is 0 Å². The van der Waals surface area contributed by atoms with Crippen LogP contribution in [0.1, 0.15) is 26.7 Å². The Balaban J connectivity index is 3.01. The van der Waals surface area contributed by atoms with E-state index in [4.69, 9.17) is 0 Å². The van der Waals surface area contributed by atoms with Gasteiger partial charge in [0.25, 0.3) is 0 Å². The first kappa shape index (κ1) is 16.9. The predicted octanol–water partition coefficient (Wildman–Crippen LogP) is 1.93. The molecule has 0 amide bonds. The molecule has 0 bridgehead atoms. The Morgan fingerprint density at radius 2 is 1.60 bits per heavy atom. The second kappa shape index (κ2) is 6.11. The van der Waals surface area contributed by atoms with Gasteiger partial charge in [-0.1, -0.05) is 13.8 Å². The van der Waals surface area contributed by atoms with Crippen molar-refractivity contribution in [1.82, 2.24) is 4.72 Å². The first-order valence-electron chi connectivity index (χ1n) is 6.02. The zero-order chi connectivity index (χ0) is 15.6. The fourth-order valence-corrected chi connectivity index (χ4v) is 2.64. The first-order valence-corrected chi connectivity index (χ1v) is 7.50. The van der Waals surface area contributed by atoms with Gasteiger partial charge in [-0.05, 0) is 25.0 Å². The maximum absolute atomic E-state index is 13.0. The minimum atomic E-state index is -4.23. The van der Waals surface area contributed by atoms with Crippen LogP contribution in [0.25, 0.3) is 0 Å². The van der Waals surface area contributed by atoms with Crippen molar-refractivity contribution >= 4 is 10.0 Å². The van der Waals surface area contributed by atoms with Gasteiger partial charge in [0.15, 0.2) is 17.5 Å². The highest BCUT2D eigenvalue weighted by molar-refractivity contribution is 7.89. The molecule has 0 aromatic heterocycles. The van der Waals surface area contributed by atoms with E-state index < -0.39 is 38.0 Å². The van der Waals surface area contributed by atoms with E-state index in [9.17, 15) is 26.7 Å². The number of sulfonamides is 1. The number of hydrogen-bond donors (Lipinski definition) is 2. The summed E-state index contributed by atoms with van der Waals surface area (Å²) in [4.78, 5) is -0.733. The maximum Gasteiger partial charge on any atom is 0.240 e. The normalized spacial score (nSPS) is 12.7. The van der Waals surface area contributed by atoms with E-state index in [0.717, 1.165) is 0 Å². The lowest BCUT2D eigenvalue weighted by Crippen LogP contribution is -2.42. The average molecular weight is 311 g/mol. The van der Waals surface area contributed by atoms with Gasteiger partial charge in [-0.3, -0.25) is 0 Å². The van der Waals surface area contributed by atoms with E-state index in [-0.39, 0.29) is 6.54 Å². The average Bonchev–Trinajstić information content (AvgIpc) is 2.41. The topological polar surface area (TPSA) is 66.4 Å². The molecule has 0 heterocycles.